The fraction of sp³-hybridized carbons (Fsp3) is 0.421. The molecule has 0 amide bonds. The standard InChI is InChI=1S/C19H25F3N4/c1-14(16-9-8-15-6-4-5-7-17(15)12-16)25-18(23-2)24-10-11-26(3)13-19(20,21)22/h4-9,12,14H,10-11,13H2,1-3H3,(H2,23,24,25). The van der Waals surface area contributed by atoms with Crippen LogP contribution < -0.4 is 10.6 Å². The summed E-state index contributed by atoms with van der Waals surface area (Å²) in [4.78, 5) is 5.37. The Bertz CT molecular complexity index is 743. The largest absolute Gasteiger partial charge is 0.401 e. The van der Waals surface area contributed by atoms with Crippen LogP contribution in [0, 0.1) is 0 Å². The maximum atomic E-state index is 12.3. The summed E-state index contributed by atoms with van der Waals surface area (Å²) < 4.78 is 37.0. The van der Waals surface area contributed by atoms with Crippen molar-refractivity contribution in [2.75, 3.05) is 33.7 Å². The van der Waals surface area contributed by atoms with E-state index in [-0.39, 0.29) is 12.6 Å². The molecular formula is C19H25F3N4. The van der Waals surface area contributed by atoms with Crippen LogP contribution in [0.15, 0.2) is 47.5 Å². The molecule has 2 N–H and O–H groups in total. The smallest absolute Gasteiger partial charge is 0.355 e. The first-order valence-corrected chi connectivity index (χ1v) is 8.49. The summed E-state index contributed by atoms with van der Waals surface area (Å²) in [5.74, 6) is 0.561. The molecule has 0 aliphatic carbocycles. The number of aliphatic imine (C=N–C) groups is 1. The van der Waals surface area contributed by atoms with Crippen LogP contribution in [0.5, 0.6) is 0 Å². The lowest BCUT2D eigenvalue weighted by molar-refractivity contribution is -0.142. The van der Waals surface area contributed by atoms with Gasteiger partial charge in [-0.2, -0.15) is 13.2 Å². The number of hydrogen-bond acceptors (Lipinski definition) is 2. The highest BCUT2D eigenvalue weighted by molar-refractivity contribution is 5.84. The van der Waals surface area contributed by atoms with E-state index in [2.05, 4.69) is 46.0 Å². The number of nitrogens with zero attached hydrogens (tertiary/aromatic N) is 2. The molecule has 1 atom stereocenters. The van der Waals surface area contributed by atoms with Gasteiger partial charge in [0.2, 0.25) is 0 Å². The average molecular weight is 366 g/mol. The zero-order valence-electron chi connectivity index (χ0n) is 15.3. The van der Waals surface area contributed by atoms with Crippen molar-refractivity contribution in [3.05, 3.63) is 48.0 Å². The molecule has 0 bridgehead atoms. The number of fused-ring (bicyclic) bond motifs is 1. The highest BCUT2D eigenvalue weighted by atomic mass is 19.4. The van der Waals surface area contributed by atoms with Crippen molar-refractivity contribution in [1.82, 2.24) is 15.5 Å². The van der Waals surface area contributed by atoms with Crippen LogP contribution in [0.2, 0.25) is 0 Å². The Morgan fingerprint density at radius 3 is 2.50 bits per heavy atom. The molecule has 7 heteroatoms. The molecule has 1 unspecified atom stereocenters. The highest BCUT2D eigenvalue weighted by Crippen LogP contribution is 2.20. The number of hydrogen-bond donors (Lipinski definition) is 2. The molecule has 0 aliphatic heterocycles. The maximum Gasteiger partial charge on any atom is 0.401 e. The van der Waals surface area contributed by atoms with Gasteiger partial charge < -0.3 is 10.6 Å². The van der Waals surface area contributed by atoms with Crippen LogP contribution in [0.3, 0.4) is 0 Å². The number of likely N-dealkylation sites (N-methyl/N-ethyl adjacent to an activating group) is 1. The molecule has 0 aromatic heterocycles. The summed E-state index contributed by atoms with van der Waals surface area (Å²) >= 11 is 0. The van der Waals surface area contributed by atoms with E-state index in [9.17, 15) is 13.2 Å². The van der Waals surface area contributed by atoms with Crippen LogP contribution in [0.1, 0.15) is 18.5 Å². The van der Waals surface area contributed by atoms with Crippen molar-refractivity contribution < 1.29 is 13.2 Å². The summed E-state index contributed by atoms with van der Waals surface area (Å²) in [6, 6.07) is 14.4. The SMILES string of the molecule is CN=C(NCCN(C)CC(F)(F)F)NC(C)c1ccc2ccccc2c1. The third-order valence-corrected chi connectivity index (χ3v) is 4.09. The van der Waals surface area contributed by atoms with Crippen LogP contribution in [0.25, 0.3) is 10.8 Å². The number of nitrogens with one attached hydrogen (secondary N) is 2. The molecule has 4 nitrogen and oxygen atoms in total. The second-order valence-electron chi connectivity index (χ2n) is 6.32. The summed E-state index contributed by atoms with van der Waals surface area (Å²) in [6.45, 7) is 1.74. The molecule has 0 heterocycles. The van der Waals surface area contributed by atoms with Gasteiger partial charge in [0.25, 0.3) is 0 Å². The monoisotopic (exact) mass is 366 g/mol. The second kappa shape index (κ2) is 8.89. The fourth-order valence-electron chi connectivity index (χ4n) is 2.71. The number of guanidine groups is 1. The van der Waals surface area contributed by atoms with Gasteiger partial charge in [-0.1, -0.05) is 36.4 Å². The molecule has 0 radical (unpaired) electrons. The third-order valence-electron chi connectivity index (χ3n) is 4.09. The lowest BCUT2D eigenvalue weighted by atomic mass is 10.0. The second-order valence-corrected chi connectivity index (χ2v) is 6.32. The molecule has 2 aromatic rings. The van der Waals surface area contributed by atoms with Gasteiger partial charge in [-0.25, -0.2) is 0 Å². The Hall–Kier alpha value is -2.28. The number of benzene rings is 2. The molecule has 0 saturated heterocycles. The van der Waals surface area contributed by atoms with E-state index in [0.29, 0.717) is 12.5 Å². The van der Waals surface area contributed by atoms with E-state index in [0.717, 1.165) is 10.9 Å². The van der Waals surface area contributed by atoms with Gasteiger partial charge in [-0.05, 0) is 36.4 Å². The molecule has 26 heavy (non-hydrogen) atoms. The van der Waals surface area contributed by atoms with Crippen molar-refractivity contribution in [2.45, 2.75) is 19.1 Å². The zero-order valence-corrected chi connectivity index (χ0v) is 15.3. The molecule has 0 fully saturated rings. The van der Waals surface area contributed by atoms with Gasteiger partial charge in [0.05, 0.1) is 12.6 Å². The van der Waals surface area contributed by atoms with Gasteiger partial charge >= 0.3 is 6.18 Å². The number of alkyl halides is 3. The quantitative estimate of drug-likeness (QED) is 0.607. The Morgan fingerprint density at radius 1 is 1.15 bits per heavy atom. The van der Waals surface area contributed by atoms with E-state index in [4.69, 9.17) is 0 Å². The van der Waals surface area contributed by atoms with Crippen LogP contribution in [-0.4, -0.2) is 50.8 Å². The molecule has 0 aliphatic rings. The van der Waals surface area contributed by atoms with Crippen LogP contribution in [0.4, 0.5) is 13.2 Å². The fourth-order valence-corrected chi connectivity index (χ4v) is 2.71. The van der Waals surface area contributed by atoms with Crippen molar-refractivity contribution in [1.29, 1.82) is 0 Å². The van der Waals surface area contributed by atoms with E-state index < -0.39 is 12.7 Å². The van der Waals surface area contributed by atoms with Gasteiger partial charge in [-0.3, -0.25) is 9.89 Å². The minimum Gasteiger partial charge on any atom is -0.355 e. The summed E-state index contributed by atoms with van der Waals surface area (Å²) in [7, 11) is 3.09. The van der Waals surface area contributed by atoms with Gasteiger partial charge in [-0.15, -0.1) is 0 Å². The Morgan fingerprint density at radius 2 is 1.85 bits per heavy atom. The molecular weight excluding hydrogens is 341 g/mol. The lowest BCUT2D eigenvalue weighted by Crippen LogP contribution is -2.43. The Kier molecular flexibility index (Phi) is 6.85. The predicted molar refractivity (Wildman–Crippen MR) is 100 cm³/mol. The molecule has 0 spiro atoms. The summed E-state index contributed by atoms with van der Waals surface area (Å²) in [6.07, 6.45) is -4.18. The van der Waals surface area contributed by atoms with Crippen molar-refractivity contribution in [2.24, 2.45) is 4.99 Å². The van der Waals surface area contributed by atoms with E-state index in [1.165, 1.54) is 17.3 Å². The first kappa shape index (κ1) is 20.0. The normalized spacial score (nSPS) is 13.9. The molecule has 2 aromatic carbocycles. The van der Waals surface area contributed by atoms with Gasteiger partial charge in [0, 0.05) is 20.1 Å². The topological polar surface area (TPSA) is 39.7 Å². The maximum absolute atomic E-state index is 12.3. The minimum atomic E-state index is -4.18. The van der Waals surface area contributed by atoms with Gasteiger partial charge in [0.1, 0.15) is 0 Å². The Balaban J connectivity index is 1.88. The number of halogens is 3. The summed E-state index contributed by atoms with van der Waals surface area (Å²) in [5, 5.41) is 8.66. The first-order chi connectivity index (χ1) is 12.3. The van der Waals surface area contributed by atoms with Crippen molar-refractivity contribution in [3.8, 4) is 0 Å². The van der Waals surface area contributed by atoms with E-state index in [1.54, 1.807) is 7.05 Å². The predicted octanol–water partition coefficient (Wildman–Crippen LogP) is 3.56. The highest BCUT2D eigenvalue weighted by Gasteiger charge is 2.28. The lowest BCUT2D eigenvalue weighted by Gasteiger charge is -2.21. The van der Waals surface area contributed by atoms with Crippen molar-refractivity contribution in [3.63, 3.8) is 0 Å². The van der Waals surface area contributed by atoms with Crippen LogP contribution in [-0.2, 0) is 0 Å². The average Bonchev–Trinajstić information content (AvgIpc) is 2.58. The van der Waals surface area contributed by atoms with E-state index >= 15 is 0 Å². The third kappa shape index (κ3) is 6.22. The minimum absolute atomic E-state index is 0.0127. The van der Waals surface area contributed by atoms with Crippen molar-refractivity contribution >= 4 is 16.7 Å². The number of rotatable bonds is 6. The molecule has 0 saturated carbocycles. The van der Waals surface area contributed by atoms with Crippen LogP contribution >= 0.6 is 0 Å². The Labute approximate surface area is 152 Å². The van der Waals surface area contributed by atoms with E-state index in [1.807, 2.05) is 19.1 Å². The first-order valence-electron chi connectivity index (χ1n) is 8.49. The van der Waals surface area contributed by atoms with Gasteiger partial charge in [0.15, 0.2) is 5.96 Å². The zero-order chi connectivity index (χ0) is 19.2. The molecule has 2 rings (SSSR count). The summed E-state index contributed by atoms with van der Waals surface area (Å²) in [5.41, 5.74) is 1.11. The molecule has 142 valence electrons.